The fraction of sp³-hybridized carbons (Fsp3) is 0.259. The van der Waals surface area contributed by atoms with E-state index in [1.165, 1.54) is 5.56 Å². The number of amides is 2. The van der Waals surface area contributed by atoms with E-state index in [0.717, 1.165) is 17.7 Å². The van der Waals surface area contributed by atoms with Crippen molar-refractivity contribution in [2.24, 2.45) is 5.73 Å². The highest BCUT2D eigenvalue weighted by molar-refractivity contribution is 5.97. The molecule has 33 heavy (non-hydrogen) atoms. The summed E-state index contributed by atoms with van der Waals surface area (Å²) < 4.78 is 5.86. The van der Waals surface area contributed by atoms with E-state index in [1.807, 2.05) is 60.7 Å². The highest BCUT2D eigenvalue weighted by Crippen LogP contribution is 2.39. The lowest BCUT2D eigenvalue weighted by molar-refractivity contribution is -0.123. The Labute approximate surface area is 194 Å². The van der Waals surface area contributed by atoms with E-state index >= 15 is 0 Å². The molecule has 1 fully saturated rings. The van der Waals surface area contributed by atoms with Gasteiger partial charge in [0.05, 0.1) is 6.61 Å². The van der Waals surface area contributed by atoms with Crippen molar-refractivity contribution in [2.45, 2.75) is 37.4 Å². The molecule has 4 N–H and O–H groups in total. The van der Waals surface area contributed by atoms with Gasteiger partial charge in [-0.1, -0.05) is 60.7 Å². The summed E-state index contributed by atoms with van der Waals surface area (Å²) in [5, 5.41) is 5.76. The van der Waals surface area contributed by atoms with E-state index in [4.69, 9.17) is 10.5 Å². The number of benzene rings is 3. The quantitative estimate of drug-likeness (QED) is 0.448. The summed E-state index contributed by atoms with van der Waals surface area (Å²) in [5.74, 6) is 0.640. The summed E-state index contributed by atoms with van der Waals surface area (Å²) in [4.78, 5) is 25.5. The second-order valence-electron chi connectivity index (χ2n) is 8.31. The fourth-order valence-electron chi connectivity index (χ4n) is 3.71. The summed E-state index contributed by atoms with van der Waals surface area (Å²) in [6.45, 7) is 0.684. The first-order valence-electron chi connectivity index (χ1n) is 11.3. The molecule has 0 saturated heterocycles. The van der Waals surface area contributed by atoms with Gasteiger partial charge in [-0.3, -0.25) is 9.59 Å². The van der Waals surface area contributed by atoms with Crippen molar-refractivity contribution in [3.05, 3.63) is 102 Å². The predicted octanol–water partition coefficient (Wildman–Crippen LogP) is 3.39. The molecule has 0 aliphatic heterocycles. The maximum atomic E-state index is 12.9. The standard InChI is InChI=1S/C27H29N3O3/c28-24-17-23(24)20-11-13-22(14-12-20)33-16-15-25(30-26(31)21-9-5-2-6-10-21)27(32)29-18-19-7-3-1-4-8-19/h1-14,23-25H,15-18,28H2,(H,29,32)(H,30,31)/t23?,24?,25-/m0/s1. The minimum Gasteiger partial charge on any atom is -0.494 e. The minimum absolute atomic E-state index is 0.246. The average molecular weight is 444 g/mol. The van der Waals surface area contributed by atoms with Gasteiger partial charge in [0.2, 0.25) is 5.91 Å². The predicted molar refractivity (Wildman–Crippen MR) is 128 cm³/mol. The lowest BCUT2D eigenvalue weighted by Gasteiger charge is -2.19. The number of nitrogens with two attached hydrogens (primary N) is 1. The lowest BCUT2D eigenvalue weighted by atomic mass is 10.1. The molecular formula is C27H29N3O3. The van der Waals surface area contributed by atoms with E-state index in [1.54, 1.807) is 24.3 Å². The summed E-state index contributed by atoms with van der Waals surface area (Å²) in [5.41, 5.74) is 8.64. The molecule has 0 bridgehead atoms. The first-order chi connectivity index (χ1) is 16.1. The number of carbonyl (C=O) groups excluding carboxylic acids is 2. The zero-order valence-electron chi connectivity index (χ0n) is 18.4. The molecule has 1 aliphatic rings. The number of carbonyl (C=O) groups is 2. The van der Waals surface area contributed by atoms with Gasteiger partial charge in [0.1, 0.15) is 11.8 Å². The average Bonchev–Trinajstić information content (AvgIpc) is 3.59. The van der Waals surface area contributed by atoms with Gasteiger partial charge < -0.3 is 21.1 Å². The maximum Gasteiger partial charge on any atom is 0.251 e. The summed E-state index contributed by atoms with van der Waals surface area (Å²) in [7, 11) is 0. The van der Waals surface area contributed by atoms with Crippen LogP contribution in [-0.2, 0) is 11.3 Å². The number of ether oxygens (including phenoxy) is 1. The van der Waals surface area contributed by atoms with Gasteiger partial charge in [0.25, 0.3) is 5.91 Å². The van der Waals surface area contributed by atoms with Crippen LogP contribution in [0.1, 0.15) is 40.2 Å². The SMILES string of the molecule is NC1CC1c1ccc(OCC[C@H](NC(=O)c2ccccc2)C(=O)NCc2ccccc2)cc1. The van der Waals surface area contributed by atoms with E-state index in [0.29, 0.717) is 31.1 Å². The third-order valence-corrected chi connectivity index (χ3v) is 5.79. The Bertz CT molecular complexity index is 1050. The summed E-state index contributed by atoms with van der Waals surface area (Å²) >= 11 is 0. The Morgan fingerprint density at radius 1 is 0.939 bits per heavy atom. The highest BCUT2D eigenvalue weighted by atomic mass is 16.5. The largest absolute Gasteiger partial charge is 0.494 e. The van der Waals surface area contributed by atoms with Crippen LogP contribution < -0.4 is 21.1 Å². The van der Waals surface area contributed by atoms with Crippen LogP contribution in [0.5, 0.6) is 5.75 Å². The molecule has 3 atom stereocenters. The second kappa shape index (κ2) is 10.8. The summed E-state index contributed by atoms with van der Waals surface area (Å²) in [6, 6.07) is 26.0. The molecule has 170 valence electrons. The smallest absolute Gasteiger partial charge is 0.251 e. The summed E-state index contributed by atoms with van der Waals surface area (Å²) in [6.07, 6.45) is 1.37. The van der Waals surface area contributed by atoms with Crippen LogP contribution in [0.3, 0.4) is 0 Å². The lowest BCUT2D eigenvalue weighted by Crippen LogP contribution is -2.47. The van der Waals surface area contributed by atoms with Crippen molar-refractivity contribution in [1.82, 2.24) is 10.6 Å². The molecule has 0 radical (unpaired) electrons. The van der Waals surface area contributed by atoms with Crippen LogP contribution in [0, 0.1) is 0 Å². The van der Waals surface area contributed by atoms with Crippen molar-refractivity contribution >= 4 is 11.8 Å². The third-order valence-electron chi connectivity index (χ3n) is 5.79. The zero-order valence-corrected chi connectivity index (χ0v) is 18.4. The third kappa shape index (κ3) is 6.43. The van der Waals surface area contributed by atoms with Crippen molar-refractivity contribution in [1.29, 1.82) is 0 Å². The molecule has 0 aromatic heterocycles. The van der Waals surface area contributed by atoms with Crippen molar-refractivity contribution in [3.8, 4) is 5.75 Å². The topological polar surface area (TPSA) is 93.4 Å². The molecule has 3 aromatic carbocycles. The Morgan fingerprint density at radius 2 is 1.58 bits per heavy atom. The van der Waals surface area contributed by atoms with Gasteiger partial charge in [0, 0.05) is 30.5 Å². The normalized spacial score (nSPS) is 17.6. The highest BCUT2D eigenvalue weighted by Gasteiger charge is 2.34. The molecule has 2 amide bonds. The Balaban J connectivity index is 1.34. The number of rotatable bonds is 10. The number of hydrogen-bond acceptors (Lipinski definition) is 4. The molecule has 0 spiro atoms. The van der Waals surface area contributed by atoms with Crippen LogP contribution in [0.2, 0.25) is 0 Å². The zero-order chi connectivity index (χ0) is 23.0. The van der Waals surface area contributed by atoms with Gasteiger partial charge in [-0.05, 0) is 41.8 Å². The molecule has 4 rings (SSSR count). The molecule has 3 aromatic rings. The molecule has 6 nitrogen and oxygen atoms in total. The Hall–Kier alpha value is -3.64. The van der Waals surface area contributed by atoms with E-state index in [-0.39, 0.29) is 17.9 Å². The molecule has 6 heteroatoms. The Morgan fingerprint density at radius 3 is 2.21 bits per heavy atom. The van der Waals surface area contributed by atoms with Crippen LogP contribution >= 0.6 is 0 Å². The fourth-order valence-corrected chi connectivity index (χ4v) is 3.71. The van der Waals surface area contributed by atoms with Gasteiger partial charge >= 0.3 is 0 Å². The van der Waals surface area contributed by atoms with Crippen molar-refractivity contribution in [3.63, 3.8) is 0 Å². The van der Waals surface area contributed by atoms with Crippen LogP contribution in [-0.4, -0.2) is 30.5 Å². The number of nitrogens with one attached hydrogen (secondary N) is 2. The first-order valence-corrected chi connectivity index (χ1v) is 11.3. The maximum absolute atomic E-state index is 12.9. The molecule has 0 heterocycles. The molecular weight excluding hydrogens is 414 g/mol. The van der Waals surface area contributed by atoms with Gasteiger partial charge in [0.15, 0.2) is 0 Å². The molecule has 2 unspecified atom stereocenters. The Kier molecular flexibility index (Phi) is 7.37. The van der Waals surface area contributed by atoms with E-state index in [9.17, 15) is 9.59 Å². The van der Waals surface area contributed by atoms with Crippen molar-refractivity contribution in [2.75, 3.05) is 6.61 Å². The monoisotopic (exact) mass is 443 g/mol. The van der Waals surface area contributed by atoms with E-state index in [2.05, 4.69) is 10.6 Å². The van der Waals surface area contributed by atoms with Crippen LogP contribution in [0.25, 0.3) is 0 Å². The minimum atomic E-state index is -0.717. The van der Waals surface area contributed by atoms with Crippen LogP contribution in [0.4, 0.5) is 0 Å². The van der Waals surface area contributed by atoms with Gasteiger partial charge in [-0.15, -0.1) is 0 Å². The van der Waals surface area contributed by atoms with Gasteiger partial charge in [-0.25, -0.2) is 0 Å². The number of hydrogen-bond donors (Lipinski definition) is 3. The van der Waals surface area contributed by atoms with E-state index < -0.39 is 6.04 Å². The van der Waals surface area contributed by atoms with Crippen molar-refractivity contribution < 1.29 is 14.3 Å². The second-order valence-corrected chi connectivity index (χ2v) is 8.31. The molecule has 1 aliphatic carbocycles. The van der Waals surface area contributed by atoms with Crippen LogP contribution in [0.15, 0.2) is 84.9 Å². The molecule has 1 saturated carbocycles. The van der Waals surface area contributed by atoms with Gasteiger partial charge in [-0.2, -0.15) is 0 Å². The first kappa shape index (κ1) is 22.6.